The van der Waals surface area contributed by atoms with Crippen LogP contribution in [0.15, 0.2) is 18.2 Å². The van der Waals surface area contributed by atoms with Crippen LogP contribution < -0.4 is 16.8 Å². The number of nitrogen functional groups attached to an aromatic ring is 2. The number of carbonyl (C=O) groups excluding carboxylic acids is 1. The van der Waals surface area contributed by atoms with Crippen LogP contribution >= 0.6 is 0 Å². The number of nitrogens with two attached hydrogens (primary N) is 2. The molecule has 0 saturated heterocycles. The van der Waals surface area contributed by atoms with Gasteiger partial charge in [-0.25, -0.2) is 0 Å². The second-order valence-corrected chi connectivity index (χ2v) is 3.25. The number of anilines is 2. The molecule has 4 nitrogen and oxygen atoms in total. The average Bonchev–Trinajstić information content (AvgIpc) is 2.16. The highest BCUT2D eigenvalue weighted by molar-refractivity contribution is 5.96. The number of carbonyl (C=O) groups is 1. The standard InChI is InChI=1S/C11H13N3O/c1-3-7(2)14-11(15)8-4-9(12)6-10(13)5-8/h1,4-7H,12-13H2,2H3,(H,14,15). The number of benzene rings is 1. The first kappa shape index (κ1) is 10.9. The summed E-state index contributed by atoms with van der Waals surface area (Å²) in [6, 6.07) is 4.37. The van der Waals surface area contributed by atoms with Gasteiger partial charge in [0.25, 0.3) is 5.91 Å². The van der Waals surface area contributed by atoms with E-state index in [1.807, 2.05) is 0 Å². The normalized spacial score (nSPS) is 11.5. The molecule has 1 unspecified atom stereocenters. The lowest BCUT2D eigenvalue weighted by Gasteiger charge is -2.08. The molecule has 0 aliphatic heterocycles. The van der Waals surface area contributed by atoms with Crippen LogP contribution in [0, 0.1) is 12.3 Å². The molecule has 5 N–H and O–H groups in total. The van der Waals surface area contributed by atoms with Crippen LogP contribution in [-0.2, 0) is 0 Å². The van der Waals surface area contributed by atoms with Crippen LogP contribution in [0.3, 0.4) is 0 Å². The van der Waals surface area contributed by atoms with Crippen molar-refractivity contribution in [2.75, 3.05) is 11.5 Å². The molecule has 15 heavy (non-hydrogen) atoms. The molecule has 1 rings (SSSR count). The molecule has 0 aliphatic rings. The Labute approximate surface area is 88.6 Å². The predicted molar refractivity (Wildman–Crippen MR) is 61.0 cm³/mol. The highest BCUT2D eigenvalue weighted by Crippen LogP contribution is 2.13. The summed E-state index contributed by atoms with van der Waals surface area (Å²) in [5, 5.41) is 2.61. The van der Waals surface area contributed by atoms with Gasteiger partial charge in [0.2, 0.25) is 0 Å². The Morgan fingerprint density at radius 3 is 2.40 bits per heavy atom. The summed E-state index contributed by atoms with van der Waals surface area (Å²) in [7, 11) is 0. The van der Waals surface area contributed by atoms with Crippen molar-refractivity contribution in [1.29, 1.82) is 0 Å². The first-order valence-corrected chi connectivity index (χ1v) is 4.46. The van der Waals surface area contributed by atoms with Crippen LogP contribution in [0.1, 0.15) is 17.3 Å². The number of hydrogen-bond donors (Lipinski definition) is 3. The Hall–Kier alpha value is -2.15. The Bertz CT molecular complexity index is 400. The summed E-state index contributed by atoms with van der Waals surface area (Å²) in [5.41, 5.74) is 12.4. The molecule has 0 aliphatic carbocycles. The topological polar surface area (TPSA) is 81.1 Å². The summed E-state index contributed by atoms with van der Waals surface area (Å²) in [4.78, 5) is 11.6. The van der Waals surface area contributed by atoms with Gasteiger partial charge in [0, 0.05) is 16.9 Å². The molecule has 78 valence electrons. The SMILES string of the molecule is C#CC(C)NC(=O)c1cc(N)cc(N)c1. The molecule has 0 heterocycles. The monoisotopic (exact) mass is 203 g/mol. The lowest BCUT2D eigenvalue weighted by molar-refractivity contribution is 0.0948. The molecule has 1 aromatic carbocycles. The van der Waals surface area contributed by atoms with Gasteiger partial charge in [-0.2, -0.15) is 0 Å². The van der Waals surface area contributed by atoms with Gasteiger partial charge in [-0.3, -0.25) is 4.79 Å². The maximum atomic E-state index is 11.6. The summed E-state index contributed by atoms with van der Waals surface area (Å²) in [5.74, 6) is 2.12. The average molecular weight is 203 g/mol. The molecule has 0 bridgehead atoms. The molecule has 4 heteroatoms. The molecule has 0 aromatic heterocycles. The van der Waals surface area contributed by atoms with Crippen LogP contribution in [-0.4, -0.2) is 11.9 Å². The molecule has 0 spiro atoms. The summed E-state index contributed by atoms with van der Waals surface area (Å²) >= 11 is 0. The second-order valence-electron chi connectivity index (χ2n) is 3.25. The van der Waals surface area contributed by atoms with Crippen LogP contribution in [0.2, 0.25) is 0 Å². The van der Waals surface area contributed by atoms with E-state index in [-0.39, 0.29) is 11.9 Å². The first-order chi connectivity index (χ1) is 7.02. The van der Waals surface area contributed by atoms with Crippen molar-refractivity contribution in [1.82, 2.24) is 5.32 Å². The van der Waals surface area contributed by atoms with Crippen molar-refractivity contribution in [3.8, 4) is 12.3 Å². The third kappa shape index (κ3) is 2.92. The maximum Gasteiger partial charge on any atom is 0.252 e. The van der Waals surface area contributed by atoms with Crippen molar-refractivity contribution >= 4 is 17.3 Å². The molecular weight excluding hydrogens is 190 g/mol. The van der Waals surface area contributed by atoms with E-state index in [2.05, 4.69) is 11.2 Å². The van der Waals surface area contributed by atoms with Crippen molar-refractivity contribution in [3.05, 3.63) is 23.8 Å². The quantitative estimate of drug-likeness (QED) is 0.486. The van der Waals surface area contributed by atoms with Gasteiger partial charge in [0.05, 0.1) is 6.04 Å². The molecule has 0 radical (unpaired) electrons. The summed E-state index contributed by atoms with van der Waals surface area (Å²) in [6.07, 6.45) is 5.14. The van der Waals surface area contributed by atoms with Gasteiger partial charge in [-0.15, -0.1) is 6.42 Å². The van der Waals surface area contributed by atoms with Crippen molar-refractivity contribution in [3.63, 3.8) is 0 Å². The lowest BCUT2D eigenvalue weighted by atomic mass is 10.1. The zero-order chi connectivity index (χ0) is 11.4. The highest BCUT2D eigenvalue weighted by atomic mass is 16.1. The van der Waals surface area contributed by atoms with E-state index in [0.717, 1.165) is 0 Å². The molecule has 0 fully saturated rings. The molecule has 1 atom stereocenters. The lowest BCUT2D eigenvalue weighted by Crippen LogP contribution is -2.31. The third-order valence-corrected chi connectivity index (χ3v) is 1.84. The van der Waals surface area contributed by atoms with Gasteiger partial charge >= 0.3 is 0 Å². The minimum absolute atomic E-state index is 0.278. The zero-order valence-corrected chi connectivity index (χ0v) is 8.45. The molecular formula is C11H13N3O. The number of hydrogen-bond acceptors (Lipinski definition) is 3. The second kappa shape index (κ2) is 4.38. The van der Waals surface area contributed by atoms with Crippen LogP contribution in [0.4, 0.5) is 11.4 Å². The van der Waals surface area contributed by atoms with Gasteiger partial charge in [-0.05, 0) is 25.1 Å². The molecule has 1 aromatic rings. The summed E-state index contributed by atoms with van der Waals surface area (Å²) < 4.78 is 0. The third-order valence-electron chi connectivity index (χ3n) is 1.84. The van der Waals surface area contributed by atoms with Crippen LogP contribution in [0.25, 0.3) is 0 Å². The van der Waals surface area contributed by atoms with E-state index in [1.165, 1.54) is 0 Å². The van der Waals surface area contributed by atoms with Crippen LogP contribution in [0.5, 0.6) is 0 Å². The predicted octanol–water partition coefficient (Wildman–Crippen LogP) is 0.602. The van der Waals surface area contributed by atoms with Gasteiger partial charge in [0.1, 0.15) is 0 Å². The fourth-order valence-electron chi connectivity index (χ4n) is 1.13. The Morgan fingerprint density at radius 2 is 1.93 bits per heavy atom. The number of terminal acetylenes is 1. The maximum absolute atomic E-state index is 11.6. The van der Waals surface area contributed by atoms with E-state index < -0.39 is 0 Å². The largest absolute Gasteiger partial charge is 0.399 e. The Kier molecular flexibility index (Phi) is 3.19. The van der Waals surface area contributed by atoms with Crippen molar-refractivity contribution in [2.45, 2.75) is 13.0 Å². The Morgan fingerprint density at radius 1 is 1.40 bits per heavy atom. The molecule has 0 saturated carbocycles. The zero-order valence-electron chi connectivity index (χ0n) is 8.45. The van der Waals surface area contributed by atoms with Gasteiger partial charge in [0.15, 0.2) is 0 Å². The number of rotatable bonds is 2. The fraction of sp³-hybridized carbons (Fsp3) is 0.182. The minimum Gasteiger partial charge on any atom is -0.399 e. The van der Waals surface area contributed by atoms with E-state index in [9.17, 15) is 4.79 Å². The highest BCUT2D eigenvalue weighted by Gasteiger charge is 2.08. The fourth-order valence-corrected chi connectivity index (χ4v) is 1.13. The van der Waals surface area contributed by atoms with E-state index in [1.54, 1.807) is 25.1 Å². The number of amides is 1. The van der Waals surface area contributed by atoms with E-state index >= 15 is 0 Å². The van der Waals surface area contributed by atoms with E-state index in [4.69, 9.17) is 17.9 Å². The van der Waals surface area contributed by atoms with E-state index in [0.29, 0.717) is 16.9 Å². The van der Waals surface area contributed by atoms with Crippen molar-refractivity contribution in [2.24, 2.45) is 0 Å². The summed E-state index contributed by atoms with van der Waals surface area (Å²) in [6.45, 7) is 1.72. The Balaban J connectivity index is 2.88. The van der Waals surface area contributed by atoms with Gasteiger partial charge in [-0.1, -0.05) is 5.92 Å². The van der Waals surface area contributed by atoms with Gasteiger partial charge < -0.3 is 16.8 Å². The molecule has 1 amide bonds. The van der Waals surface area contributed by atoms with Crippen molar-refractivity contribution < 1.29 is 4.79 Å². The number of nitrogens with one attached hydrogen (secondary N) is 1. The minimum atomic E-state index is -0.319. The first-order valence-electron chi connectivity index (χ1n) is 4.46. The smallest absolute Gasteiger partial charge is 0.252 e.